The SMILES string of the molecule is CNCc1c(C)oc(C)c1S(=O)(=O)Nc1ccncc1Br. The standard InChI is InChI=1S/C13H16BrN3O3S/c1-8-10(6-15-3)13(9(2)20-8)21(18,19)17-12-4-5-16-7-11(12)14/h4-5,7,15H,6H2,1-3H3,(H,16,17). The van der Waals surface area contributed by atoms with Crippen molar-refractivity contribution in [3.8, 4) is 0 Å². The Balaban J connectivity index is 2.48. The van der Waals surface area contributed by atoms with Crippen LogP contribution in [0.3, 0.4) is 0 Å². The first kappa shape index (κ1) is 16.0. The number of sulfonamides is 1. The van der Waals surface area contributed by atoms with Crippen LogP contribution in [0.5, 0.6) is 0 Å². The molecule has 0 fully saturated rings. The Bertz CT molecular complexity index is 756. The van der Waals surface area contributed by atoms with E-state index in [4.69, 9.17) is 4.42 Å². The molecule has 0 bridgehead atoms. The largest absolute Gasteiger partial charge is 0.465 e. The lowest BCUT2D eigenvalue weighted by Crippen LogP contribution is -2.17. The van der Waals surface area contributed by atoms with Gasteiger partial charge in [0.15, 0.2) is 0 Å². The van der Waals surface area contributed by atoms with E-state index >= 15 is 0 Å². The van der Waals surface area contributed by atoms with Gasteiger partial charge in [0.25, 0.3) is 10.0 Å². The van der Waals surface area contributed by atoms with Crippen LogP contribution < -0.4 is 10.0 Å². The molecule has 0 spiro atoms. The molecule has 0 saturated carbocycles. The van der Waals surface area contributed by atoms with Gasteiger partial charge in [-0.3, -0.25) is 9.71 Å². The van der Waals surface area contributed by atoms with Gasteiger partial charge in [-0.15, -0.1) is 0 Å². The normalized spacial score (nSPS) is 11.6. The third-order valence-electron chi connectivity index (χ3n) is 2.96. The molecule has 0 aromatic carbocycles. The molecule has 0 radical (unpaired) electrons. The molecule has 2 aromatic rings. The first-order chi connectivity index (χ1) is 9.86. The predicted octanol–water partition coefficient (Wildman–Crippen LogP) is 2.57. The molecule has 0 aliphatic carbocycles. The second-order valence-electron chi connectivity index (χ2n) is 4.51. The van der Waals surface area contributed by atoms with Gasteiger partial charge in [-0.1, -0.05) is 0 Å². The van der Waals surface area contributed by atoms with Gasteiger partial charge in [-0.05, 0) is 42.9 Å². The fourth-order valence-corrected chi connectivity index (χ4v) is 4.11. The molecular formula is C13H16BrN3O3S. The molecule has 0 saturated heterocycles. The molecule has 2 N–H and O–H groups in total. The average Bonchev–Trinajstić information content (AvgIpc) is 2.68. The zero-order chi connectivity index (χ0) is 15.6. The lowest BCUT2D eigenvalue weighted by molar-refractivity contribution is 0.494. The fourth-order valence-electron chi connectivity index (χ4n) is 2.10. The third kappa shape index (κ3) is 3.28. The lowest BCUT2D eigenvalue weighted by atomic mass is 10.2. The van der Waals surface area contributed by atoms with Gasteiger partial charge < -0.3 is 9.73 Å². The number of pyridine rings is 1. The van der Waals surface area contributed by atoms with Crippen molar-refractivity contribution in [2.24, 2.45) is 0 Å². The number of aromatic nitrogens is 1. The molecule has 0 aliphatic rings. The lowest BCUT2D eigenvalue weighted by Gasteiger charge is -2.10. The fraction of sp³-hybridized carbons (Fsp3) is 0.308. The first-order valence-corrected chi connectivity index (χ1v) is 8.50. The molecule has 0 atom stereocenters. The number of anilines is 1. The van der Waals surface area contributed by atoms with E-state index in [1.807, 2.05) is 0 Å². The van der Waals surface area contributed by atoms with E-state index in [1.54, 1.807) is 27.0 Å². The predicted molar refractivity (Wildman–Crippen MR) is 83.7 cm³/mol. The molecule has 2 heterocycles. The molecule has 0 aliphatic heterocycles. The Morgan fingerprint density at radius 3 is 2.67 bits per heavy atom. The molecule has 6 nitrogen and oxygen atoms in total. The van der Waals surface area contributed by atoms with Crippen LogP contribution in [0, 0.1) is 13.8 Å². The van der Waals surface area contributed by atoms with E-state index in [-0.39, 0.29) is 4.90 Å². The second-order valence-corrected chi connectivity index (χ2v) is 6.99. The van der Waals surface area contributed by atoms with Gasteiger partial charge in [0.05, 0.1) is 10.2 Å². The molecule has 0 amide bonds. The van der Waals surface area contributed by atoms with Crippen LogP contribution in [0.1, 0.15) is 17.1 Å². The van der Waals surface area contributed by atoms with Crippen LogP contribution in [-0.2, 0) is 16.6 Å². The quantitative estimate of drug-likeness (QED) is 0.841. The van der Waals surface area contributed by atoms with Crippen molar-refractivity contribution in [3.05, 3.63) is 40.0 Å². The van der Waals surface area contributed by atoms with Crippen LogP contribution in [0.25, 0.3) is 0 Å². The molecule has 2 rings (SSSR count). The maximum Gasteiger partial charge on any atom is 0.265 e. The van der Waals surface area contributed by atoms with E-state index in [1.165, 1.54) is 12.4 Å². The Morgan fingerprint density at radius 2 is 2.05 bits per heavy atom. The summed E-state index contributed by atoms with van der Waals surface area (Å²) in [5.41, 5.74) is 1.06. The van der Waals surface area contributed by atoms with Crippen LogP contribution in [-0.4, -0.2) is 20.4 Å². The smallest absolute Gasteiger partial charge is 0.265 e. The van der Waals surface area contributed by atoms with Crippen molar-refractivity contribution in [3.63, 3.8) is 0 Å². The Hall–Kier alpha value is -1.38. The van der Waals surface area contributed by atoms with Gasteiger partial charge in [0, 0.05) is 24.5 Å². The minimum atomic E-state index is -3.74. The first-order valence-electron chi connectivity index (χ1n) is 6.22. The summed E-state index contributed by atoms with van der Waals surface area (Å²) in [6.45, 7) is 3.81. The Labute approximate surface area is 132 Å². The van der Waals surface area contributed by atoms with Crippen molar-refractivity contribution >= 4 is 31.6 Å². The number of nitrogens with zero attached hydrogens (tertiary/aromatic N) is 1. The van der Waals surface area contributed by atoms with Crippen molar-refractivity contribution in [1.82, 2.24) is 10.3 Å². The van der Waals surface area contributed by atoms with E-state index in [0.29, 0.717) is 33.8 Å². The topological polar surface area (TPSA) is 84.2 Å². The van der Waals surface area contributed by atoms with Crippen molar-refractivity contribution in [2.75, 3.05) is 11.8 Å². The van der Waals surface area contributed by atoms with E-state index in [0.717, 1.165) is 0 Å². The van der Waals surface area contributed by atoms with Gasteiger partial charge in [-0.25, -0.2) is 8.42 Å². The summed E-state index contributed by atoms with van der Waals surface area (Å²) in [5, 5.41) is 2.95. The molecule has 114 valence electrons. The van der Waals surface area contributed by atoms with E-state index in [2.05, 4.69) is 31.0 Å². The summed E-state index contributed by atoms with van der Waals surface area (Å²) >= 11 is 3.27. The maximum absolute atomic E-state index is 12.6. The highest BCUT2D eigenvalue weighted by atomic mass is 79.9. The van der Waals surface area contributed by atoms with Crippen LogP contribution >= 0.6 is 15.9 Å². The third-order valence-corrected chi connectivity index (χ3v) is 5.16. The van der Waals surface area contributed by atoms with Crippen LogP contribution in [0.15, 0.2) is 32.2 Å². The van der Waals surface area contributed by atoms with Crippen molar-refractivity contribution in [1.29, 1.82) is 0 Å². The molecule has 2 aromatic heterocycles. The van der Waals surface area contributed by atoms with Crippen LogP contribution in [0.2, 0.25) is 0 Å². The summed E-state index contributed by atoms with van der Waals surface area (Å²) in [6, 6.07) is 1.58. The number of hydrogen-bond acceptors (Lipinski definition) is 5. The number of halogens is 1. The van der Waals surface area contributed by atoms with Crippen LogP contribution in [0.4, 0.5) is 5.69 Å². The monoisotopic (exact) mass is 373 g/mol. The minimum absolute atomic E-state index is 0.179. The van der Waals surface area contributed by atoms with Gasteiger partial charge in [0.2, 0.25) is 0 Å². The summed E-state index contributed by atoms with van der Waals surface area (Å²) in [5.74, 6) is 0.964. The summed E-state index contributed by atoms with van der Waals surface area (Å²) < 4.78 is 33.9. The average molecular weight is 374 g/mol. The summed E-state index contributed by atoms with van der Waals surface area (Å²) in [4.78, 5) is 4.08. The molecule has 8 heteroatoms. The highest BCUT2D eigenvalue weighted by Crippen LogP contribution is 2.30. The summed E-state index contributed by atoms with van der Waals surface area (Å²) in [6.07, 6.45) is 3.05. The van der Waals surface area contributed by atoms with E-state index in [9.17, 15) is 8.42 Å². The number of hydrogen-bond donors (Lipinski definition) is 2. The number of furan rings is 1. The Morgan fingerprint density at radius 1 is 1.33 bits per heavy atom. The van der Waals surface area contributed by atoms with Gasteiger partial charge >= 0.3 is 0 Å². The second kappa shape index (κ2) is 6.17. The zero-order valence-electron chi connectivity index (χ0n) is 11.9. The van der Waals surface area contributed by atoms with Gasteiger partial charge in [0.1, 0.15) is 16.4 Å². The Kier molecular flexibility index (Phi) is 4.70. The highest BCUT2D eigenvalue weighted by Gasteiger charge is 2.27. The molecule has 21 heavy (non-hydrogen) atoms. The van der Waals surface area contributed by atoms with Crippen molar-refractivity contribution < 1.29 is 12.8 Å². The molecular weight excluding hydrogens is 358 g/mol. The van der Waals surface area contributed by atoms with Gasteiger partial charge in [-0.2, -0.15) is 0 Å². The molecule has 0 unspecified atom stereocenters. The maximum atomic E-state index is 12.6. The number of rotatable bonds is 5. The highest BCUT2D eigenvalue weighted by molar-refractivity contribution is 9.10. The zero-order valence-corrected chi connectivity index (χ0v) is 14.3. The number of nitrogens with one attached hydrogen (secondary N) is 2. The van der Waals surface area contributed by atoms with E-state index < -0.39 is 10.0 Å². The van der Waals surface area contributed by atoms with Crippen molar-refractivity contribution in [2.45, 2.75) is 25.3 Å². The summed E-state index contributed by atoms with van der Waals surface area (Å²) in [7, 11) is -1.99. The minimum Gasteiger partial charge on any atom is -0.465 e. The number of aryl methyl sites for hydroxylation is 2.